The highest BCUT2D eigenvalue weighted by Gasteiger charge is 2.39. The molecular weight excluding hydrogens is 466 g/mol. The Balaban J connectivity index is 0.00000324. The number of ether oxygens (including phenoxy) is 2. The Hall–Kier alpha value is -3.67. The molecule has 2 atom stereocenters. The molecule has 0 aromatic heterocycles. The first-order chi connectivity index (χ1) is 15.8. The van der Waals surface area contributed by atoms with Crippen LogP contribution in [-0.4, -0.2) is 67.4 Å². The molecule has 0 unspecified atom stereocenters. The zero-order chi connectivity index (χ0) is 23.5. The summed E-state index contributed by atoms with van der Waals surface area (Å²) in [6.07, 6.45) is -3.52. The second kappa shape index (κ2) is 10.5. The van der Waals surface area contributed by atoms with E-state index in [9.17, 15) is 19.5 Å². The van der Waals surface area contributed by atoms with Gasteiger partial charge in [0.1, 0.15) is 12.4 Å². The fourth-order valence-electron chi connectivity index (χ4n) is 3.62. The van der Waals surface area contributed by atoms with Gasteiger partial charge in [-0.3, -0.25) is 19.9 Å². The molecule has 2 aromatic carbocycles. The van der Waals surface area contributed by atoms with E-state index in [0.29, 0.717) is 35.8 Å². The molecule has 0 aliphatic carbocycles. The lowest BCUT2D eigenvalue weighted by Gasteiger charge is -2.34. The van der Waals surface area contributed by atoms with E-state index in [2.05, 4.69) is 5.32 Å². The van der Waals surface area contributed by atoms with Gasteiger partial charge in [0.05, 0.1) is 13.2 Å². The number of aliphatic hydroxyl groups is 1. The number of halogens is 1. The van der Waals surface area contributed by atoms with Crippen LogP contribution in [0.2, 0.25) is 0 Å². The van der Waals surface area contributed by atoms with Crippen molar-refractivity contribution in [3.05, 3.63) is 54.1 Å². The van der Waals surface area contributed by atoms with Crippen LogP contribution in [0.25, 0.3) is 0 Å². The van der Waals surface area contributed by atoms with Gasteiger partial charge < -0.3 is 30.5 Å². The SMILES string of the molecule is Cl.N=C(N)c1ccc(NC(=O)[C@H](O)[C@H]2OCCN(c3ccc(N4CCOC4=O)cc3)C2=O)cc1. The lowest BCUT2D eigenvalue weighted by Crippen LogP contribution is -2.55. The van der Waals surface area contributed by atoms with Crippen molar-refractivity contribution >= 4 is 53.2 Å². The summed E-state index contributed by atoms with van der Waals surface area (Å²) in [7, 11) is 0. The number of morpholine rings is 1. The van der Waals surface area contributed by atoms with Crippen LogP contribution in [0.1, 0.15) is 5.56 Å². The summed E-state index contributed by atoms with van der Waals surface area (Å²) in [5.41, 5.74) is 7.47. The number of nitrogens with one attached hydrogen (secondary N) is 2. The Morgan fingerprint density at radius 1 is 1.03 bits per heavy atom. The monoisotopic (exact) mass is 489 g/mol. The fraction of sp³-hybridized carbons (Fsp3) is 0.273. The van der Waals surface area contributed by atoms with E-state index in [1.54, 1.807) is 36.4 Å². The van der Waals surface area contributed by atoms with E-state index in [4.69, 9.17) is 20.6 Å². The number of aliphatic hydroxyl groups excluding tert-OH is 1. The van der Waals surface area contributed by atoms with E-state index >= 15 is 0 Å². The van der Waals surface area contributed by atoms with Gasteiger partial charge in [-0.05, 0) is 48.5 Å². The van der Waals surface area contributed by atoms with E-state index in [0.717, 1.165) is 0 Å². The van der Waals surface area contributed by atoms with Crippen LogP contribution in [0.4, 0.5) is 21.9 Å². The number of rotatable bonds is 6. The van der Waals surface area contributed by atoms with E-state index < -0.39 is 30.1 Å². The van der Waals surface area contributed by atoms with Crippen molar-refractivity contribution in [1.82, 2.24) is 0 Å². The minimum atomic E-state index is -1.73. The third-order valence-electron chi connectivity index (χ3n) is 5.37. The second-order valence-electron chi connectivity index (χ2n) is 7.49. The molecular formula is C22H24ClN5O6. The van der Waals surface area contributed by atoms with Gasteiger partial charge in [0.2, 0.25) is 0 Å². The number of amidine groups is 1. The van der Waals surface area contributed by atoms with Gasteiger partial charge in [-0.25, -0.2) is 4.79 Å². The van der Waals surface area contributed by atoms with Gasteiger partial charge in [-0.15, -0.1) is 12.4 Å². The van der Waals surface area contributed by atoms with Crippen molar-refractivity contribution < 1.29 is 29.0 Å². The molecule has 5 N–H and O–H groups in total. The van der Waals surface area contributed by atoms with Crippen LogP contribution in [0.5, 0.6) is 0 Å². The summed E-state index contributed by atoms with van der Waals surface area (Å²) < 4.78 is 10.3. The predicted molar refractivity (Wildman–Crippen MR) is 127 cm³/mol. The van der Waals surface area contributed by atoms with E-state index in [1.807, 2.05) is 0 Å². The highest BCUT2D eigenvalue weighted by atomic mass is 35.5. The molecule has 3 amide bonds. The molecule has 4 rings (SSSR count). The molecule has 0 saturated carbocycles. The first-order valence-corrected chi connectivity index (χ1v) is 10.3. The van der Waals surface area contributed by atoms with Crippen LogP contribution >= 0.6 is 12.4 Å². The molecule has 2 saturated heterocycles. The number of anilines is 3. The molecule has 2 fully saturated rings. The molecule has 2 aliphatic heterocycles. The molecule has 2 heterocycles. The number of amides is 3. The van der Waals surface area contributed by atoms with E-state index in [-0.39, 0.29) is 31.4 Å². The molecule has 2 aliphatic rings. The molecule has 0 spiro atoms. The first-order valence-electron chi connectivity index (χ1n) is 10.3. The van der Waals surface area contributed by atoms with Gasteiger partial charge in [-0.1, -0.05) is 0 Å². The maximum absolute atomic E-state index is 13.0. The fourth-order valence-corrected chi connectivity index (χ4v) is 3.62. The number of nitrogens with zero attached hydrogens (tertiary/aromatic N) is 2. The Morgan fingerprint density at radius 3 is 2.18 bits per heavy atom. The highest BCUT2D eigenvalue weighted by molar-refractivity contribution is 6.04. The Morgan fingerprint density at radius 2 is 1.62 bits per heavy atom. The third kappa shape index (κ3) is 5.11. The Kier molecular flexibility index (Phi) is 7.72. The van der Waals surface area contributed by atoms with Crippen molar-refractivity contribution in [2.24, 2.45) is 5.73 Å². The smallest absolute Gasteiger partial charge is 0.414 e. The normalized spacial score (nSPS) is 18.7. The molecule has 11 nitrogen and oxygen atoms in total. The Labute approximate surface area is 201 Å². The number of hydrogen-bond acceptors (Lipinski definition) is 7. The summed E-state index contributed by atoms with van der Waals surface area (Å²) in [5.74, 6) is -1.46. The minimum absolute atomic E-state index is 0. The lowest BCUT2D eigenvalue weighted by molar-refractivity contribution is -0.150. The first kappa shape index (κ1) is 25.0. The van der Waals surface area contributed by atoms with Crippen molar-refractivity contribution in [3.63, 3.8) is 0 Å². The quantitative estimate of drug-likeness (QED) is 0.349. The predicted octanol–water partition coefficient (Wildman–Crippen LogP) is 1.08. The molecule has 34 heavy (non-hydrogen) atoms. The summed E-state index contributed by atoms with van der Waals surface area (Å²) in [4.78, 5) is 40.1. The van der Waals surface area contributed by atoms with Gasteiger partial charge in [0.15, 0.2) is 12.2 Å². The van der Waals surface area contributed by atoms with Crippen molar-refractivity contribution in [2.45, 2.75) is 12.2 Å². The number of carbonyl (C=O) groups excluding carboxylic acids is 3. The van der Waals surface area contributed by atoms with Crippen LogP contribution in [0, 0.1) is 5.41 Å². The van der Waals surface area contributed by atoms with Crippen molar-refractivity contribution in [3.8, 4) is 0 Å². The van der Waals surface area contributed by atoms with Crippen LogP contribution < -0.4 is 20.9 Å². The lowest BCUT2D eigenvalue weighted by atomic mass is 10.1. The number of nitrogens with two attached hydrogens (primary N) is 1. The van der Waals surface area contributed by atoms with Crippen molar-refractivity contribution in [2.75, 3.05) is 41.4 Å². The highest BCUT2D eigenvalue weighted by Crippen LogP contribution is 2.26. The molecule has 0 bridgehead atoms. The zero-order valence-electron chi connectivity index (χ0n) is 18.0. The van der Waals surface area contributed by atoms with Gasteiger partial charge in [-0.2, -0.15) is 0 Å². The Bertz CT molecular complexity index is 1080. The van der Waals surface area contributed by atoms with Gasteiger partial charge in [0, 0.05) is 29.2 Å². The second-order valence-corrected chi connectivity index (χ2v) is 7.49. The van der Waals surface area contributed by atoms with Gasteiger partial charge in [0.25, 0.3) is 11.8 Å². The number of hydrogen-bond donors (Lipinski definition) is 4. The number of carbonyl (C=O) groups is 3. The average Bonchev–Trinajstić information content (AvgIpc) is 3.25. The van der Waals surface area contributed by atoms with E-state index in [1.165, 1.54) is 21.9 Å². The van der Waals surface area contributed by atoms with Crippen LogP contribution in [0.15, 0.2) is 48.5 Å². The number of nitrogen functional groups attached to an aromatic ring is 1. The molecule has 2 aromatic rings. The summed E-state index contributed by atoms with van der Waals surface area (Å²) in [5, 5.41) is 20.4. The van der Waals surface area contributed by atoms with Crippen LogP contribution in [0.3, 0.4) is 0 Å². The maximum atomic E-state index is 13.0. The standard InChI is InChI=1S/C22H23N5O6.ClH/c23-19(24)13-1-3-14(4-2-13)25-20(29)17(28)18-21(30)26(9-11-32-18)15-5-7-16(8-6-15)27-10-12-33-22(27)31;/h1-8,17-18,28H,9-12H2,(H3,23,24)(H,25,29);1H/t17-,18-;/m1./s1. The van der Waals surface area contributed by atoms with Gasteiger partial charge >= 0.3 is 6.09 Å². The van der Waals surface area contributed by atoms with Crippen LogP contribution in [-0.2, 0) is 19.1 Å². The number of cyclic esters (lactones) is 1. The molecule has 180 valence electrons. The maximum Gasteiger partial charge on any atom is 0.414 e. The summed E-state index contributed by atoms with van der Waals surface area (Å²) in [6.45, 7) is 1.16. The zero-order valence-corrected chi connectivity index (χ0v) is 18.8. The van der Waals surface area contributed by atoms with Crippen molar-refractivity contribution in [1.29, 1.82) is 5.41 Å². The minimum Gasteiger partial charge on any atom is -0.447 e. The average molecular weight is 490 g/mol. The summed E-state index contributed by atoms with van der Waals surface area (Å²) >= 11 is 0. The molecule has 0 radical (unpaired) electrons. The topological polar surface area (TPSA) is 158 Å². The number of benzene rings is 2. The summed E-state index contributed by atoms with van der Waals surface area (Å²) in [6, 6.07) is 13.0. The largest absolute Gasteiger partial charge is 0.447 e. The third-order valence-corrected chi connectivity index (χ3v) is 5.37. The molecule has 12 heteroatoms.